The highest BCUT2D eigenvalue weighted by Gasteiger charge is 2.19. The number of para-hydroxylation sites is 2. The third kappa shape index (κ3) is 5.46. The number of β-amino-alcohol motifs (C(OH)–C–C–N with tert-alkyl or cyclic N) is 1. The van der Waals surface area contributed by atoms with Gasteiger partial charge in [-0.15, -0.1) is 0 Å². The fraction of sp³-hybridized carbons (Fsp3) is 0.400. The second kappa shape index (κ2) is 8.85. The molecule has 1 saturated heterocycles. The molecule has 0 aromatic heterocycles. The summed E-state index contributed by atoms with van der Waals surface area (Å²) in [4.78, 5) is 4.75. The van der Waals surface area contributed by atoms with Gasteiger partial charge in [0.05, 0.1) is 5.69 Å². The van der Waals surface area contributed by atoms with Crippen molar-refractivity contribution in [3.8, 4) is 5.75 Å². The second-order valence-electron chi connectivity index (χ2n) is 6.57. The van der Waals surface area contributed by atoms with E-state index in [4.69, 9.17) is 10.5 Å². The first-order valence-corrected chi connectivity index (χ1v) is 8.85. The third-order valence-electron chi connectivity index (χ3n) is 4.53. The Morgan fingerprint density at radius 3 is 2.28 bits per heavy atom. The van der Waals surface area contributed by atoms with Gasteiger partial charge in [0.2, 0.25) is 0 Å². The van der Waals surface area contributed by atoms with Crippen molar-refractivity contribution in [1.82, 2.24) is 9.80 Å². The number of hydrogen-bond donors (Lipinski definition) is 2. The summed E-state index contributed by atoms with van der Waals surface area (Å²) in [7, 11) is 0. The zero-order valence-corrected chi connectivity index (χ0v) is 14.6. The lowest BCUT2D eigenvalue weighted by molar-refractivity contribution is 0.0448. The van der Waals surface area contributed by atoms with Gasteiger partial charge in [-0.3, -0.25) is 9.80 Å². The Kier molecular flexibility index (Phi) is 6.28. The first-order valence-electron chi connectivity index (χ1n) is 8.85. The highest BCUT2D eigenvalue weighted by Crippen LogP contribution is 2.19. The van der Waals surface area contributed by atoms with Gasteiger partial charge in [0.1, 0.15) is 18.5 Å². The SMILES string of the molecule is Nc1ccccc1OC[C@@H](O)CN1CCN(Cc2ccccc2)CC1. The van der Waals surface area contributed by atoms with E-state index in [2.05, 4.69) is 34.1 Å². The number of benzene rings is 2. The van der Waals surface area contributed by atoms with Gasteiger partial charge in [-0.2, -0.15) is 0 Å². The highest BCUT2D eigenvalue weighted by molar-refractivity contribution is 5.51. The van der Waals surface area contributed by atoms with Crippen molar-refractivity contribution in [2.24, 2.45) is 0 Å². The number of aliphatic hydroxyl groups is 1. The summed E-state index contributed by atoms with van der Waals surface area (Å²) in [6.45, 7) is 5.87. The quantitative estimate of drug-likeness (QED) is 0.753. The number of ether oxygens (including phenoxy) is 1. The minimum absolute atomic E-state index is 0.262. The molecule has 5 nitrogen and oxygen atoms in total. The molecule has 5 heteroatoms. The summed E-state index contributed by atoms with van der Waals surface area (Å²) in [5.41, 5.74) is 7.80. The molecular weight excluding hydrogens is 314 g/mol. The summed E-state index contributed by atoms with van der Waals surface area (Å²) in [6.07, 6.45) is -0.514. The maximum absolute atomic E-state index is 10.2. The van der Waals surface area contributed by atoms with Crippen LogP contribution in [0.25, 0.3) is 0 Å². The molecule has 0 bridgehead atoms. The van der Waals surface area contributed by atoms with Crippen LogP contribution < -0.4 is 10.5 Å². The molecule has 2 aromatic carbocycles. The van der Waals surface area contributed by atoms with Crippen LogP contribution in [-0.4, -0.2) is 60.3 Å². The van der Waals surface area contributed by atoms with E-state index in [0.717, 1.165) is 32.7 Å². The Labute approximate surface area is 149 Å². The van der Waals surface area contributed by atoms with E-state index in [0.29, 0.717) is 18.0 Å². The maximum Gasteiger partial charge on any atom is 0.142 e. The fourth-order valence-corrected chi connectivity index (χ4v) is 3.12. The Morgan fingerprint density at radius 2 is 1.56 bits per heavy atom. The van der Waals surface area contributed by atoms with E-state index in [1.54, 1.807) is 6.07 Å². The van der Waals surface area contributed by atoms with Gasteiger partial charge >= 0.3 is 0 Å². The van der Waals surface area contributed by atoms with Crippen LogP contribution >= 0.6 is 0 Å². The number of aliphatic hydroxyl groups excluding tert-OH is 1. The van der Waals surface area contributed by atoms with E-state index >= 15 is 0 Å². The number of hydrogen-bond acceptors (Lipinski definition) is 5. The van der Waals surface area contributed by atoms with Crippen molar-refractivity contribution in [2.45, 2.75) is 12.6 Å². The average molecular weight is 341 g/mol. The van der Waals surface area contributed by atoms with Crippen LogP contribution in [0, 0.1) is 0 Å². The molecule has 2 aromatic rings. The standard InChI is InChI=1S/C20H27N3O2/c21-19-8-4-5-9-20(19)25-16-18(24)15-23-12-10-22(11-13-23)14-17-6-2-1-3-7-17/h1-9,18,24H,10-16,21H2/t18-/m0/s1. The van der Waals surface area contributed by atoms with Gasteiger partial charge in [0.15, 0.2) is 0 Å². The summed E-state index contributed by atoms with van der Waals surface area (Å²) in [6, 6.07) is 17.9. The van der Waals surface area contributed by atoms with Crippen molar-refractivity contribution in [2.75, 3.05) is 45.1 Å². The monoisotopic (exact) mass is 341 g/mol. The number of nitrogens with two attached hydrogens (primary N) is 1. The molecule has 3 rings (SSSR count). The largest absolute Gasteiger partial charge is 0.489 e. The molecule has 1 aliphatic heterocycles. The molecule has 0 amide bonds. The average Bonchev–Trinajstić information content (AvgIpc) is 2.64. The summed E-state index contributed by atoms with van der Waals surface area (Å²) in [5.74, 6) is 0.634. The minimum Gasteiger partial charge on any atom is -0.489 e. The van der Waals surface area contributed by atoms with E-state index < -0.39 is 6.10 Å². The van der Waals surface area contributed by atoms with Crippen LogP contribution in [0.4, 0.5) is 5.69 Å². The Morgan fingerprint density at radius 1 is 0.920 bits per heavy atom. The van der Waals surface area contributed by atoms with Crippen molar-refractivity contribution >= 4 is 5.69 Å². The molecule has 1 heterocycles. The van der Waals surface area contributed by atoms with E-state index in [1.807, 2.05) is 24.3 Å². The molecule has 0 aliphatic carbocycles. The minimum atomic E-state index is -0.514. The number of anilines is 1. The molecule has 0 spiro atoms. The molecule has 134 valence electrons. The summed E-state index contributed by atoms with van der Waals surface area (Å²) >= 11 is 0. The molecule has 1 fully saturated rings. The van der Waals surface area contributed by atoms with Crippen LogP contribution in [0.15, 0.2) is 54.6 Å². The molecule has 0 radical (unpaired) electrons. The Bertz CT molecular complexity index is 642. The predicted octanol–water partition coefficient (Wildman–Crippen LogP) is 1.83. The molecular formula is C20H27N3O2. The molecule has 1 atom stereocenters. The smallest absolute Gasteiger partial charge is 0.142 e. The first kappa shape index (κ1) is 17.7. The lowest BCUT2D eigenvalue weighted by Gasteiger charge is -2.35. The molecule has 3 N–H and O–H groups in total. The van der Waals surface area contributed by atoms with Gasteiger partial charge < -0.3 is 15.6 Å². The predicted molar refractivity (Wildman–Crippen MR) is 101 cm³/mol. The van der Waals surface area contributed by atoms with Crippen LogP contribution in [-0.2, 0) is 6.54 Å². The maximum atomic E-state index is 10.2. The second-order valence-corrected chi connectivity index (χ2v) is 6.57. The Balaban J connectivity index is 1.37. The highest BCUT2D eigenvalue weighted by atomic mass is 16.5. The lowest BCUT2D eigenvalue weighted by Crippen LogP contribution is -2.48. The van der Waals surface area contributed by atoms with Crippen molar-refractivity contribution in [3.05, 3.63) is 60.2 Å². The van der Waals surface area contributed by atoms with Crippen LogP contribution in [0.1, 0.15) is 5.56 Å². The molecule has 0 unspecified atom stereocenters. The van der Waals surface area contributed by atoms with E-state index in [1.165, 1.54) is 5.56 Å². The van der Waals surface area contributed by atoms with Crippen molar-refractivity contribution in [1.29, 1.82) is 0 Å². The van der Waals surface area contributed by atoms with E-state index in [-0.39, 0.29) is 6.61 Å². The number of nitrogen functional groups attached to an aromatic ring is 1. The Hall–Kier alpha value is -2.08. The van der Waals surface area contributed by atoms with Gasteiger partial charge in [0, 0.05) is 39.3 Å². The van der Waals surface area contributed by atoms with Gasteiger partial charge in [-0.1, -0.05) is 42.5 Å². The number of rotatable bonds is 7. The van der Waals surface area contributed by atoms with Gasteiger partial charge in [0.25, 0.3) is 0 Å². The van der Waals surface area contributed by atoms with Crippen molar-refractivity contribution in [3.63, 3.8) is 0 Å². The molecule has 1 aliphatic rings. The molecule has 25 heavy (non-hydrogen) atoms. The summed E-state index contributed by atoms with van der Waals surface area (Å²) < 4.78 is 5.63. The van der Waals surface area contributed by atoms with Crippen LogP contribution in [0.2, 0.25) is 0 Å². The van der Waals surface area contributed by atoms with Crippen molar-refractivity contribution < 1.29 is 9.84 Å². The number of nitrogens with zero attached hydrogens (tertiary/aromatic N) is 2. The molecule has 0 saturated carbocycles. The topological polar surface area (TPSA) is 62.0 Å². The van der Waals surface area contributed by atoms with Crippen LogP contribution in [0.3, 0.4) is 0 Å². The summed E-state index contributed by atoms with van der Waals surface area (Å²) in [5, 5.41) is 10.2. The zero-order valence-electron chi connectivity index (χ0n) is 14.6. The first-order chi connectivity index (χ1) is 12.2. The van der Waals surface area contributed by atoms with Gasteiger partial charge in [-0.05, 0) is 17.7 Å². The number of piperazine rings is 1. The van der Waals surface area contributed by atoms with E-state index in [9.17, 15) is 5.11 Å². The normalized spacial score (nSPS) is 17.3. The van der Waals surface area contributed by atoms with Gasteiger partial charge in [-0.25, -0.2) is 0 Å². The third-order valence-corrected chi connectivity index (χ3v) is 4.53. The fourth-order valence-electron chi connectivity index (χ4n) is 3.12. The lowest BCUT2D eigenvalue weighted by atomic mass is 10.2. The zero-order chi connectivity index (χ0) is 17.5. The van der Waals surface area contributed by atoms with Crippen LogP contribution in [0.5, 0.6) is 5.75 Å².